The summed E-state index contributed by atoms with van der Waals surface area (Å²) in [5, 5.41) is 5.63. The van der Waals surface area contributed by atoms with Crippen LogP contribution in [0.4, 0.5) is 21.0 Å². The number of anilines is 2. The van der Waals surface area contributed by atoms with Gasteiger partial charge < -0.3 is 20.3 Å². The Balaban J connectivity index is 1.60. The lowest BCUT2D eigenvalue weighted by molar-refractivity contribution is 0.0721. The first-order valence-corrected chi connectivity index (χ1v) is 9.57. The topological polar surface area (TPSA) is 86.8 Å². The summed E-state index contributed by atoms with van der Waals surface area (Å²) in [6, 6.07) is 11.3. The van der Waals surface area contributed by atoms with Crippen LogP contribution in [0.5, 0.6) is 0 Å². The molecular weight excluding hydrogens is 370 g/mol. The van der Waals surface area contributed by atoms with E-state index >= 15 is 0 Å². The highest BCUT2D eigenvalue weighted by molar-refractivity contribution is 5.99. The van der Waals surface area contributed by atoms with Gasteiger partial charge in [0.2, 0.25) is 0 Å². The summed E-state index contributed by atoms with van der Waals surface area (Å²) in [4.78, 5) is 32.2. The van der Waals surface area contributed by atoms with Gasteiger partial charge in [-0.3, -0.25) is 9.88 Å². The van der Waals surface area contributed by atoms with Gasteiger partial charge in [-0.25, -0.2) is 9.59 Å². The first-order valence-electron chi connectivity index (χ1n) is 9.57. The summed E-state index contributed by atoms with van der Waals surface area (Å²) >= 11 is 0. The highest BCUT2D eigenvalue weighted by Gasteiger charge is 2.27. The molecule has 1 aromatic heterocycles. The number of carbonyl (C=O) groups is 2. The molecule has 29 heavy (non-hydrogen) atoms. The van der Waals surface area contributed by atoms with E-state index in [1.807, 2.05) is 43.3 Å². The molecule has 0 saturated carbocycles. The van der Waals surface area contributed by atoms with Gasteiger partial charge in [0.25, 0.3) is 0 Å². The number of rotatable bonds is 4. The Morgan fingerprint density at radius 1 is 1.17 bits per heavy atom. The summed E-state index contributed by atoms with van der Waals surface area (Å²) in [6.45, 7) is 3.96. The van der Waals surface area contributed by atoms with Crippen LogP contribution < -0.4 is 10.6 Å². The molecule has 3 amide bonds. The number of urea groups is 1. The van der Waals surface area contributed by atoms with E-state index in [9.17, 15) is 9.59 Å². The maximum absolute atomic E-state index is 12.3. The van der Waals surface area contributed by atoms with Gasteiger partial charge in [-0.2, -0.15) is 0 Å². The minimum absolute atomic E-state index is 0.186. The minimum Gasteiger partial charge on any atom is -0.453 e. The van der Waals surface area contributed by atoms with E-state index in [2.05, 4.69) is 27.6 Å². The second kappa shape index (κ2) is 9.38. The predicted octanol–water partition coefficient (Wildman–Crippen LogP) is 2.96. The average molecular weight is 397 g/mol. The summed E-state index contributed by atoms with van der Waals surface area (Å²) in [6.07, 6.45) is 2.10. The molecule has 0 spiro atoms. The zero-order valence-electron chi connectivity index (χ0n) is 17.0. The maximum Gasteiger partial charge on any atom is 0.409 e. The Hall–Kier alpha value is -3.13. The van der Waals surface area contributed by atoms with E-state index in [1.54, 1.807) is 11.1 Å². The fourth-order valence-electron chi connectivity index (χ4n) is 3.34. The Morgan fingerprint density at radius 2 is 1.97 bits per heavy atom. The Bertz CT molecular complexity index is 856. The molecule has 1 aliphatic rings. The molecular formula is C21H27N5O3. The van der Waals surface area contributed by atoms with Crippen molar-refractivity contribution >= 4 is 23.5 Å². The summed E-state index contributed by atoms with van der Waals surface area (Å²) in [5.41, 5.74) is 3.32. The van der Waals surface area contributed by atoms with Gasteiger partial charge in [0.1, 0.15) is 0 Å². The zero-order chi connectivity index (χ0) is 20.8. The Kier molecular flexibility index (Phi) is 6.66. The largest absolute Gasteiger partial charge is 0.453 e. The third-order valence-electron chi connectivity index (χ3n) is 5.04. The molecule has 1 atom stereocenters. The van der Waals surface area contributed by atoms with Gasteiger partial charge in [-0.05, 0) is 50.2 Å². The summed E-state index contributed by atoms with van der Waals surface area (Å²) in [7, 11) is 3.47. The summed E-state index contributed by atoms with van der Waals surface area (Å²) < 4.78 is 4.85. The SMILES string of the molecule is COC(=O)N1CCN(C)[C@H](Cc2cccc(NC(=O)Nc3ccc(C)nc3)c2)C1. The number of aromatic nitrogens is 1. The molecule has 2 heterocycles. The smallest absolute Gasteiger partial charge is 0.409 e. The lowest BCUT2D eigenvalue weighted by Crippen LogP contribution is -2.54. The normalized spacial score (nSPS) is 16.9. The fraction of sp³-hybridized carbons (Fsp3) is 0.381. The molecule has 1 aromatic carbocycles. The van der Waals surface area contributed by atoms with Gasteiger partial charge in [0.15, 0.2) is 0 Å². The second-order valence-corrected chi connectivity index (χ2v) is 7.22. The third-order valence-corrected chi connectivity index (χ3v) is 5.04. The van der Waals surface area contributed by atoms with Gasteiger partial charge in [0, 0.05) is 37.1 Å². The monoisotopic (exact) mass is 397 g/mol. The van der Waals surface area contributed by atoms with E-state index in [1.165, 1.54) is 7.11 Å². The van der Waals surface area contributed by atoms with Crippen LogP contribution in [-0.2, 0) is 11.2 Å². The van der Waals surface area contributed by atoms with Gasteiger partial charge in [-0.1, -0.05) is 12.1 Å². The van der Waals surface area contributed by atoms with E-state index in [-0.39, 0.29) is 18.2 Å². The molecule has 0 unspecified atom stereocenters. The van der Waals surface area contributed by atoms with E-state index in [0.29, 0.717) is 24.5 Å². The number of piperazine rings is 1. The molecule has 3 rings (SSSR count). The number of carbonyl (C=O) groups excluding carboxylic acids is 2. The summed E-state index contributed by atoms with van der Waals surface area (Å²) in [5.74, 6) is 0. The molecule has 154 valence electrons. The lowest BCUT2D eigenvalue weighted by atomic mass is 10.0. The first kappa shape index (κ1) is 20.6. The van der Waals surface area contributed by atoms with E-state index < -0.39 is 0 Å². The van der Waals surface area contributed by atoms with Crippen LogP contribution in [0, 0.1) is 6.92 Å². The van der Waals surface area contributed by atoms with E-state index in [0.717, 1.165) is 24.2 Å². The maximum atomic E-state index is 12.3. The number of hydrogen-bond donors (Lipinski definition) is 2. The number of nitrogens with zero attached hydrogens (tertiary/aromatic N) is 3. The Labute approximate surface area is 170 Å². The van der Waals surface area contributed by atoms with Crippen molar-refractivity contribution < 1.29 is 14.3 Å². The minimum atomic E-state index is -0.320. The molecule has 0 bridgehead atoms. The van der Waals surface area contributed by atoms with Crippen LogP contribution in [0.2, 0.25) is 0 Å². The number of aryl methyl sites for hydroxylation is 1. The molecule has 8 heteroatoms. The van der Waals surface area contributed by atoms with E-state index in [4.69, 9.17) is 4.74 Å². The van der Waals surface area contributed by atoms with Gasteiger partial charge in [-0.15, -0.1) is 0 Å². The van der Waals surface area contributed by atoms with Crippen LogP contribution >= 0.6 is 0 Å². The molecule has 1 saturated heterocycles. The number of benzene rings is 1. The molecule has 1 fully saturated rings. The van der Waals surface area contributed by atoms with Crippen molar-refractivity contribution in [3.05, 3.63) is 53.9 Å². The van der Waals surface area contributed by atoms with Crippen molar-refractivity contribution in [2.24, 2.45) is 0 Å². The van der Waals surface area contributed by atoms with Gasteiger partial charge in [0.05, 0.1) is 19.0 Å². The molecule has 2 aromatic rings. The molecule has 2 N–H and O–H groups in total. The van der Waals surface area contributed by atoms with Crippen LogP contribution in [0.1, 0.15) is 11.3 Å². The van der Waals surface area contributed by atoms with Gasteiger partial charge >= 0.3 is 12.1 Å². The fourth-order valence-corrected chi connectivity index (χ4v) is 3.34. The van der Waals surface area contributed by atoms with Crippen molar-refractivity contribution in [3.63, 3.8) is 0 Å². The van der Waals surface area contributed by atoms with Crippen LogP contribution in [0.15, 0.2) is 42.6 Å². The number of pyridine rings is 1. The van der Waals surface area contributed by atoms with Crippen LogP contribution in [-0.4, -0.2) is 66.7 Å². The van der Waals surface area contributed by atoms with Crippen molar-refractivity contribution in [1.82, 2.24) is 14.8 Å². The van der Waals surface area contributed by atoms with Crippen LogP contribution in [0.25, 0.3) is 0 Å². The second-order valence-electron chi connectivity index (χ2n) is 7.22. The van der Waals surface area contributed by atoms with Crippen molar-refractivity contribution in [2.75, 3.05) is 44.4 Å². The zero-order valence-corrected chi connectivity index (χ0v) is 17.0. The van der Waals surface area contributed by atoms with Crippen molar-refractivity contribution in [3.8, 4) is 0 Å². The number of nitrogens with one attached hydrogen (secondary N) is 2. The highest BCUT2D eigenvalue weighted by Crippen LogP contribution is 2.18. The first-order chi connectivity index (χ1) is 13.9. The van der Waals surface area contributed by atoms with Crippen molar-refractivity contribution in [1.29, 1.82) is 0 Å². The van der Waals surface area contributed by atoms with Crippen molar-refractivity contribution in [2.45, 2.75) is 19.4 Å². The predicted molar refractivity (Wildman–Crippen MR) is 112 cm³/mol. The third kappa shape index (κ3) is 5.68. The molecule has 0 radical (unpaired) electrons. The number of methoxy groups -OCH3 is 1. The number of ether oxygens (including phenoxy) is 1. The number of hydrogen-bond acceptors (Lipinski definition) is 5. The number of amides is 3. The lowest BCUT2D eigenvalue weighted by Gasteiger charge is -2.38. The average Bonchev–Trinajstić information content (AvgIpc) is 2.71. The molecule has 0 aliphatic carbocycles. The highest BCUT2D eigenvalue weighted by atomic mass is 16.5. The standard InChI is InChI=1S/C21H27N5O3/c1-15-7-8-18(13-22-15)24-20(27)23-17-6-4-5-16(11-17)12-19-14-26(21(28)29-3)10-9-25(19)2/h4-8,11,13,19H,9-10,12,14H2,1-3H3,(H2,23,24,27)/t19-/m1/s1. The van der Waals surface area contributed by atoms with Crippen LogP contribution in [0.3, 0.4) is 0 Å². The number of likely N-dealkylation sites (N-methyl/N-ethyl adjacent to an activating group) is 1. The quantitative estimate of drug-likeness (QED) is 0.828. The molecule has 1 aliphatic heterocycles. The Morgan fingerprint density at radius 3 is 2.69 bits per heavy atom. The molecule has 8 nitrogen and oxygen atoms in total.